The zero-order chi connectivity index (χ0) is 25.7. The number of hydrogen-bond acceptors (Lipinski definition) is 10. The Morgan fingerprint density at radius 2 is 2.11 bits per heavy atom. The Kier molecular flexibility index (Phi) is 7.39. The molecule has 3 aromatic rings. The highest BCUT2D eigenvalue weighted by molar-refractivity contribution is 5.89. The smallest absolute Gasteiger partial charge is 0.309 e. The van der Waals surface area contributed by atoms with Crippen LogP contribution >= 0.6 is 0 Å². The Bertz CT molecular complexity index is 1290. The minimum atomic E-state index is -0.383. The molecule has 4 rings (SSSR count). The summed E-state index contributed by atoms with van der Waals surface area (Å²) < 4.78 is 5.62. The Morgan fingerprint density at radius 1 is 1.28 bits per heavy atom. The van der Waals surface area contributed by atoms with Crippen molar-refractivity contribution in [1.82, 2.24) is 30.8 Å². The van der Waals surface area contributed by atoms with E-state index in [-0.39, 0.29) is 23.3 Å². The molecule has 0 saturated heterocycles. The average Bonchev–Trinajstić information content (AvgIpc) is 3.29. The number of carbonyl (C=O) groups is 1. The van der Waals surface area contributed by atoms with Crippen LogP contribution in [0.25, 0.3) is 11.3 Å². The minimum Gasteiger partial charge on any atom is -0.416 e. The van der Waals surface area contributed by atoms with Crippen LogP contribution in [0, 0.1) is 0 Å². The van der Waals surface area contributed by atoms with Gasteiger partial charge in [-0.25, -0.2) is 9.97 Å². The molecular weight excluding hydrogens is 458 g/mol. The molecule has 0 fully saturated rings. The number of aromatic nitrogens is 4. The first-order valence-corrected chi connectivity index (χ1v) is 11.7. The van der Waals surface area contributed by atoms with E-state index in [1.54, 1.807) is 19.5 Å². The number of hydrogen-bond donors (Lipinski definition) is 4. The van der Waals surface area contributed by atoms with E-state index in [0.29, 0.717) is 24.1 Å². The summed E-state index contributed by atoms with van der Waals surface area (Å²) in [4.78, 5) is 25.7. The molecule has 188 valence electrons. The highest BCUT2D eigenvalue weighted by Crippen LogP contribution is 2.29. The number of nitrogens with one attached hydrogen (secondary N) is 3. The minimum absolute atomic E-state index is 0.0321. The Balaban J connectivity index is 1.56. The summed E-state index contributed by atoms with van der Waals surface area (Å²) in [7, 11) is 1.66. The second kappa shape index (κ2) is 10.6. The maximum absolute atomic E-state index is 12.9. The molecule has 1 atom stereocenters. The van der Waals surface area contributed by atoms with Crippen molar-refractivity contribution in [3.05, 3.63) is 65.3 Å². The average molecular weight is 490 g/mol. The van der Waals surface area contributed by atoms with Gasteiger partial charge in [0, 0.05) is 43.2 Å². The van der Waals surface area contributed by atoms with Crippen molar-refractivity contribution in [1.29, 1.82) is 0 Å². The second-order valence-corrected chi connectivity index (χ2v) is 9.47. The summed E-state index contributed by atoms with van der Waals surface area (Å²) in [5.41, 5.74) is 9.69. The van der Waals surface area contributed by atoms with Gasteiger partial charge in [0.2, 0.25) is 11.8 Å². The van der Waals surface area contributed by atoms with E-state index in [1.165, 1.54) is 6.20 Å². The van der Waals surface area contributed by atoms with Crippen molar-refractivity contribution in [2.45, 2.75) is 45.2 Å². The lowest BCUT2D eigenvalue weighted by atomic mass is 9.96. The van der Waals surface area contributed by atoms with Gasteiger partial charge in [-0.3, -0.25) is 9.79 Å². The van der Waals surface area contributed by atoms with Crippen molar-refractivity contribution < 1.29 is 9.21 Å². The Hall–Kier alpha value is -4.12. The Morgan fingerprint density at radius 3 is 2.83 bits per heavy atom. The molecule has 1 aliphatic rings. The molecule has 1 aliphatic heterocycles. The SMILES string of the molecule is CN=CC(=CN)Nc1nccc(-c2ccc3c(c2)CNCCC3NC(=O)c2nnc(C(C)(C)C)o2)n1. The number of rotatable bonds is 6. The fourth-order valence-corrected chi connectivity index (χ4v) is 3.84. The summed E-state index contributed by atoms with van der Waals surface area (Å²) >= 11 is 0. The molecule has 0 bridgehead atoms. The lowest BCUT2D eigenvalue weighted by molar-refractivity contribution is 0.0896. The van der Waals surface area contributed by atoms with Crippen LogP contribution in [0.4, 0.5) is 5.95 Å². The zero-order valence-corrected chi connectivity index (χ0v) is 20.9. The molecule has 5 N–H and O–H groups in total. The molecule has 1 unspecified atom stereocenters. The van der Waals surface area contributed by atoms with Crippen molar-refractivity contribution in [3.63, 3.8) is 0 Å². The van der Waals surface area contributed by atoms with Crippen LogP contribution < -0.4 is 21.7 Å². The maximum Gasteiger partial charge on any atom is 0.309 e. The number of fused-ring (bicyclic) bond motifs is 1. The van der Waals surface area contributed by atoms with Crippen LogP contribution in [0.2, 0.25) is 0 Å². The van der Waals surface area contributed by atoms with Gasteiger partial charge >= 0.3 is 11.8 Å². The second-order valence-electron chi connectivity index (χ2n) is 9.47. The Labute approximate surface area is 209 Å². The standard InChI is InChI=1S/C25H31N9O2/c1-25(2,3)23-34-33-22(36-23)21(35)31-20-7-9-28-13-16-11-15(5-6-18(16)20)19-8-10-29-24(32-19)30-17(12-26)14-27-4/h5-6,8,10-12,14,20,28H,7,9,13,26H2,1-4H3,(H,31,35)(H,29,30,32). The number of amides is 1. The van der Waals surface area contributed by atoms with Gasteiger partial charge in [0.05, 0.1) is 17.4 Å². The van der Waals surface area contributed by atoms with Crippen molar-refractivity contribution in [2.75, 3.05) is 18.9 Å². The predicted molar refractivity (Wildman–Crippen MR) is 137 cm³/mol. The summed E-state index contributed by atoms with van der Waals surface area (Å²) in [6.07, 6.45) is 5.42. The molecule has 0 radical (unpaired) electrons. The van der Waals surface area contributed by atoms with Gasteiger partial charge in [0.25, 0.3) is 0 Å². The highest BCUT2D eigenvalue weighted by Gasteiger charge is 2.27. The summed E-state index contributed by atoms with van der Waals surface area (Å²) in [6.45, 7) is 7.29. The van der Waals surface area contributed by atoms with E-state index in [2.05, 4.69) is 47.2 Å². The summed E-state index contributed by atoms with van der Waals surface area (Å²) in [5, 5.41) is 17.5. The fraction of sp³-hybridized carbons (Fsp3) is 0.360. The number of benzene rings is 1. The van der Waals surface area contributed by atoms with E-state index in [4.69, 9.17) is 10.2 Å². The van der Waals surface area contributed by atoms with Crippen LogP contribution in [0.5, 0.6) is 0 Å². The number of nitrogens with two attached hydrogens (primary N) is 1. The molecule has 1 amide bonds. The fourth-order valence-electron chi connectivity index (χ4n) is 3.84. The molecule has 0 spiro atoms. The molecule has 11 nitrogen and oxygen atoms in total. The molecule has 36 heavy (non-hydrogen) atoms. The number of carbonyl (C=O) groups excluding carboxylic acids is 1. The van der Waals surface area contributed by atoms with Crippen molar-refractivity contribution in [3.8, 4) is 11.3 Å². The first-order chi connectivity index (χ1) is 17.3. The summed E-state index contributed by atoms with van der Waals surface area (Å²) in [6, 6.07) is 7.75. The van der Waals surface area contributed by atoms with E-state index < -0.39 is 0 Å². The number of anilines is 1. The third-order valence-corrected chi connectivity index (χ3v) is 5.67. The maximum atomic E-state index is 12.9. The molecule has 1 aromatic carbocycles. The third kappa shape index (κ3) is 5.74. The van der Waals surface area contributed by atoms with E-state index in [9.17, 15) is 4.79 Å². The van der Waals surface area contributed by atoms with Gasteiger partial charge < -0.3 is 26.1 Å². The zero-order valence-electron chi connectivity index (χ0n) is 20.9. The van der Waals surface area contributed by atoms with E-state index in [1.807, 2.05) is 39.0 Å². The van der Waals surface area contributed by atoms with Gasteiger partial charge in [-0.05, 0) is 36.2 Å². The van der Waals surface area contributed by atoms with Gasteiger partial charge in [-0.15, -0.1) is 10.2 Å². The van der Waals surface area contributed by atoms with Crippen molar-refractivity contribution in [2.24, 2.45) is 10.7 Å². The monoisotopic (exact) mass is 489 g/mol. The first-order valence-electron chi connectivity index (χ1n) is 11.7. The van der Waals surface area contributed by atoms with E-state index >= 15 is 0 Å². The van der Waals surface area contributed by atoms with Gasteiger partial charge in [-0.1, -0.05) is 32.9 Å². The predicted octanol–water partition coefficient (Wildman–Crippen LogP) is 2.70. The first kappa shape index (κ1) is 25.0. The lowest BCUT2D eigenvalue weighted by Crippen LogP contribution is -2.30. The largest absolute Gasteiger partial charge is 0.416 e. The number of nitrogens with zero attached hydrogens (tertiary/aromatic N) is 5. The van der Waals surface area contributed by atoms with Gasteiger partial charge in [0.15, 0.2) is 0 Å². The molecular formula is C25H31N9O2. The number of allylic oxidation sites excluding steroid dienone is 1. The van der Waals surface area contributed by atoms with Crippen LogP contribution in [0.3, 0.4) is 0 Å². The van der Waals surface area contributed by atoms with Crippen LogP contribution in [-0.2, 0) is 12.0 Å². The number of aliphatic imine (C=N–C) groups is 1. The molecule has 3 heterocycles. The molecule has 2 aromatic heterocycles. The van der Waals surface area contributed by atoms with Gasteiger partial charge in [-0.2, -0.15) is 0 Å². The quantitative estimate of drug-likeness (QED) is 0.382. The topological polar surface area (TPSA) is 156 Å². The summed E-state index contributed by atoms with van der Waals surface area (Å²) in [5.74, 6) is 0.424. The highest BCUT2D eigenvalue weighted by atomic mass is 16.4. The molecule has 0 aliphatic carbocycles. The van der Waals surface area contributed by atoms with E-state index in [0.717, 1.165) is 35.3 Å². The van der Waals surface area contributed by atoms with Crippen LogP contribution in [0.1, 0.15) is 60.9 Å². The van der Waals surface area contributed by atoms with Crippen LogP contribution in [0.15, 0.2) is 51.8 Å². The van der Waals surface area contributed by atoms with Crippen LogP contribution in [-0.4, -0.2) is 45.9 Å². The molecule has 11 heteroatoms. The lowest BCUT2D eigenvalue weighted by Gasteiger charge is -2.19. The van der Waals surface area contributed by atoms with Gasteiger partial charge in [0.1, 0.15) is 0 Å². The molecule has 0 saturated carbocycles. The van der Waals surface area contributed by atoms with Crippen molar-refractivity contribution >= 4 is 18.1 Å². The third-order valence-electron chi connectivity index (χ3n) is 5.67. The normalized spacial score (nSPS) is 16.4.